The second-order valence-electron chi connectivity index (χ2n) is 4.19. The topological polar surface area (TPSA) is 55.1 Å². The lowest BCUT2D eigenvalue weighted by Crippen LogP contribution is -2.27. The first-order valence-corrected chi connectivity index (χ1v) is 5.85. The summed E-state index contributed by atoms with van der Waals surface area (Å²) in [5.41, 5.74) is 8.55. The number of hydrogen-bond acceptors (Lipinski definition) is 2. The summed E-state index contributed by atoms with van der Waals surface area (Å²) < 4.78 is 0. The van der Waals surface area contributed by atoms with Gasteiger partial charge in [-0.2, -0.15) is 0 Å². The molecule has 2 rings (SSSR count). The van der Waals surface area contributed by atoms with Crippen molar-refractivity contribution in [1.29, 1.82) is 0 Å². The van der Waals surface area contributed by atoms with Crippen LogP contribution in [0.4, 0.5) is 5.69 Å². The molecular formula is C15H16N2O. The van der Waals surface area contributed by atoms with Gasteiger partial charge >= 0.3 is 0 Å². The van der Waals surface area contributed by atoms with E-state index in [0.717, 1.165) is 16.8 Å². The van der Waals surface area contributed by atoms with E-state index in [1.54, 1.807) is 0 Å². The molecular weight excluding hydrogens is 224 g/mol. The van der Waals surface area contributed by atoms with Gasteiger partial charge in [0.2, 0.25) is 5.91 Å². The van der Waals surface area contributed by atoms with Gasteiger partial charge in [-0.05, 0) is 24.1 Å². The highest BCUT2D eigenvalue weighted by Gasteiger charge is 2.15. The summed E-state index contributed by atoms with van der Waals surface area (Å²) in [7, 11) is 0. The van der Waals surface area contributed by atoms with Gasteiger partial charge in [-0.25, -0.2) is 0 Å². The van der Waals surface area contributed by atoms with Crippen molar-refractivity contribution in [1.82, 2.24) is 0 Å². The number of aryl methyl sites for hydroxylation is 1. The molecule has 1 amide bonds. The van der Waals surface area contributed by atoms with Gasteiger partial charge in [-0.3, -0.25) is 4.79 Å². The Kier molecular flexibility index (Phi) is 3.75. The quantitative estimate of drug-likeness (QED) is 0.866. The van der Waals surface area contributed by atoms with Crippen LogP contribution in [0.25, 0.3) is 0 Å². The number of benzene rings is 2. The minimum atomic E-state index is -0.647. The fourth-order valence-electron chi connectivity index (χ4n) is 1.74. The standard InChI is InChI=1S/C15H16N2O/c1-11-7-5-6-10-13(11)17-15(18)14(16)12-8-3-2-4-9-12/h2-10,14H,16H2,1H3,(H,17,18)/t14-/m0/s1. The number of nitrogens with one attached hydrogen (secondary N) is 1. The third-order valence-electron chi connectivity index (χ3n) is 2.84. The highest BCUT2D eigenvalue weighted by atomic mass is 16.2. The van der Waals surface area contributed by atoms with Crippen molar-refractivity contribution in [2.24, 2.45) is 5.73 Å². The van der Waals surface area contributed by atoms with Crippen LogP contribution in [-0.4, -0.2) is 5.91 Å². The van der Waals surface area contributed by atoms with E-state index in [2.05, 4.69) is 5.32 Å². The van der Waals surface area contributed by atoms with Crippen molar-refractivity contribution >= 4 is 11.6 Å². The Hall–Kier alpha value is -2.13. The summed E-state index contributed by atoms with van der Waals surface area (Å²) in [6, 6.07) is 16.3. The fourth-order valence-corrected chi connectivity index (χ4v) is 1.74. The van der Waals surface area contributed by atoms with Crippen molar-refractivity contribution < 1.29 is 4.79 Å². The van der Waals surface area contributed by atoms with Gasteiger partial charge in [0.1, 0.15) is 6.04 Å². The van der Waals surface area contributed by atoms with E-state index in [4.69, 9.17) is 5.73 Å². The zero-order chi connectivity index (χ0) is 13.0. The Morgan fingerprint density at radius 2 is 1.67 bits per heavy atom. The van der Waals surface area contributed by atoms with Crippen molar-refractivity contribution in [3.05, 3.63) is 65.7 Å². The first-order chi connectivity index (χ1) is 8.68. The normalized spacial score (nSPS) is 11.9. The van der Waals surface area contributed by atoms with E-state index in [0.29, 0.717) is 0 Å². The van der Waals surface area contributed by atoms with Crippen LogP contribution in [0.15, 0.2) is 54.6 Å². The van der Waals surface area contributed by atoms with Crippen LogP contribution in [0.5, 0.6) is 0 Å². The van der Waals surface area contributed by atoms with Crippen LogP contribution >= 0.6 is 0 Å². The smallest absolute Gasteiger partial charge is 0.245 e. The molecule has 3 nitrogen and oxygen atoms in total. The molecule has 0 bridgehead atoms. The molecule has 2 aromatic carbocycles. The van der Waals surface area contributed by atoms with Crippen LogP contribution in [0.1, 0.15) is 17.2 Å². The highest BCUT2D eigenvalue weighted by molar-refractivity contribution is 5.95. The van der Waals surface area contributed by atoms with E-state index in [1.165, 1.54) is 0 Å². The molecule has 0 saturated carbocycles. The van der Waals surface area contributed by atoms with Gasteiger partial charge in [-0.15, -0.1) is 0 Å². The molecule has 18 heavy (non-hydrogen) atoms. The predicted molar refractivity (Wildman–Crippen MR) is 73.2 cm³/mol. The molecule has 3 heteroatoms. The second kappa shape index (κ2) is 5.47. The molecule has 0 aromatic heterocycles. The number of carbonyl (C=O) groups excluding carboxylic acids is 1. The summed E-state index contributed by atoms with van der Waals surface area (Å²) in [6.07, 6.45) is 0. The van der Waals surface area contributed by atoms with Gasteiger partial charge in [0.05, 0.1) is 0 Å². The molecule has 92 valence electrons. The number of rotatable bonds is 3. The monoisotopic (exact) mass is 240 g/mol. The van der Waals surface area contributed by atoms with E-state index in [-0.39, 0.29) is 5.91 Å². The average molecular weight is 240 g/mol. The minimum Gasteiger partial charge on any atom is -0.324 e. The minimum absolute atomic E-state index is 0.199. The lowest BCUT2D eigenvalue weighted by molar-refractivity contribution is -0.117. The largest absolute Gasteiger partial charge is 0.324 e. The van der Waals surface area contributed by atoms with E-state index in [9.17, 15) is 4.79 Å². The molecule has 2 aromatic rings. The highest BCUT2D eigenvalue weighted by Crippen LogP contribution is 2.16. The van der Waals surface area contributed by atoms with E-state index >= 15 is 0 Å². The third-order valence-corrected chi connectivity index (χ3v) is 2.84. The molecule has 0 heterocycles. The SMILES string of the molecule is Cc1ccccc1NC(=O)[C@@H](N)c1ccccc1. The summed E-state index contributed by atoms with van der Waals surface area (Å²) in [5.74, 6) is -0.199. The van der Waals surface area contributed by atoms with Crippen LogP contribution in [-0.2, 0) is 4.79 Å². The van der Waals surface area contributed by atoms with Crippen LogP contribution in [0.2, 0.25) is 0 Å². The number of nitrogens with two attached hydrogens (primary N) is 1. The number of anilines is 1. The lowest BCUT2D eigenvalue weighted by atomic mass is 10.1. The van der Waals surface area contributed by atoms with E-state index in [1.807, 2.05) is 61.5 Å². The number of carbonyl (C=O) groups is 1. The van der Waals surface area contributed by atoms with Crippen molar-refractivity contribution in [3.63, 3.8) is 0 Å². The van der Waals surface area contributed by atoms with Crippen LogP contribution in [0.3, 0.4) is 0 Å². The first kappa shape index (κ1) is 12.3. The van der Waals surface area contributed by atoms with Gasteiger partial charge in [-0.1, -0.05) is 48.5 Å². The molecule has 0 aliphatic carbocycles. The van der Waals surface area contributed by atoms with Crippen molar-refractivity contribution in [2.45, 2.75) is 13.0 Å². The van der Waals surface area contributed by atoms with E-state index < -0.39 is 6.04 Å². The summed E-state index contributed by atoms with van der Waals surface area (Å²) >= 11 is 0. The Labute approximate surface area is 107 Å². The van der Waals surface area contributed by atoms with Crippen molar-refractivity contribution in [2.75, 3.05) is 5.32 Å². The van der Waals surface area contributed by atoms with Crippen LogP contribution < -0.4 is 11.1 Å². The molecule has 3 N–H and O–H groups in total. The van der Waals surface area contributed by atoms with Gasteiger partial charge in [0, 0.05) is 5.69 Å². The maximum Gasteiger partial charge on any atom is 0.245 e. The zero-order valence-corrected chi connectivity index (χ0v) is 10.3. The Bertz CT molecular complexity index is 537. The first-order valence-electron chi connectivity index (χ1n) is 5.85. The molecule has 0 fully saturated rings. The maximum absolute atomic E-state index is 12.0. The average Bonchev–Trinajstić information content (AvgIpc) is 2.41. The van der Waals surface area contributed by atoms with Crippen LogP contribution in [0, 0.1) is 6.92 Å². The summed E-state index contributed by atoms with van der Waals surface area (Å²) in [4.78, 5) is 12.0. The number of amides is 1. The van der Waals surface area contributed by atoms with Gasteiger partial charge < -0.3 is 11.1 Å². The molecule has 0 radical (unpaired) electrons. The zero-order valence-electron chi connectivity index (χ0n) is 10.3. The van der Waals surface area contributed by atoms with Gasteiger partial charge in [0.15, 0.2) is 0 Å². The Balaban J connectivity index is 2.12. The number of hydrogen-bond donors (Lipinski definition) is 2. The summed E-state index contributed by atoms with van der Waals surface area (Å²) in [6.45, 7) is 1.95. The molecule has 0 spiro atoms. The molecule has 0 unspecified atom stereocenters. The Morgan fingerprint density at radius 1 is 1.06 bits per heavy atom. The number of para-hydroxylation sites is 1. The molecule has 0 saturated heterocycles. The maximum atomic E-state index is 12.0. The molecule has 0 aliphatic heterocycles. The molecule has 0 aliphatic rings. The lowest BCUT2D eigenvalue weighted by Gasteiger charge is -2.13. The summed E-state index contributed by atoms with van der Waals surface area (Å²) in [5, 5.41) is 2.84. The molecule has 1 atom stereocenters. The van der Waals surface area contributed by atoms with Gasteiger partial charge in [0.25, 0.3) is 0 Å². The Morgan fingerprint density at radius 3 is 2.33 bits per heavy atom. The van der Waals surface area contributed by atoms with Crippen molar-refractivity contribution in [3.8, 4) is 0 Å². The fraction of sp³-hybridized carbons (Fsp3) is 0.133. The third kappa shape index (κ3) is 2.76. The predicted octanol–water partition coefficient (Wildman–Crippen LogP) is 2.63. The second-order valence-corrected chi connectivity index (χ2v) is 4.19.